The van der Waals surface area contributed by atoms with Crippen LogP contribution in [-0.2, 0) is 0 Å². The van der Waals surface area contributed by atoms with Gasteiger partial charge in [0.15, 0.2) is 0 Å². The topological polar surface area (TPSA) is 24.9 Å². The van der Waals surface area contributed by atoms with Crippen molar-refractivity contribution in [2.24, 2.45) is 0 Å². The number of thiazole rings is 1. The second-order valence-electron chi connectivity index (χ2n) is 4.64. The molecule has 1 aromatic heterocycles. The summed E-state index contributed by atoms with van der Waals surface area (Å²) in [6.45, 7) is 5.37. The number of aryl methyl sites for hydroxylation is 1. The minimum atomic E-state index is 0.562. The Morgan fingerprint density at radius 3 is 2.58 bits per heavy atom. The van der Waals surface area contributed by atoms with Gasteiger partial charge in [-0.15, -0.1) is 11.3 Å². The number of hydrogen-bond donors (Lipinski definition) is 1. The van der Waals surface area contributed by atoms with Crippen LogP contribution >= 0.6 is 27.3 Å². The van der Waals surface area contributed by atoms with E-state index in [1.165, 1.54) is 16.1 Å². The molecule has 1 unspecified atom stereocenters. The number of hydrogen-bond acceptors (Lipinski definition) is 3. The molecule has 0 fully saturated rings. The predicted octanol–water partition coefficient (Wildman–Crippen LogP) is 4.59. The Labute approximate surface area is 127 Å². The van der Waals surface area contributed by atoms with Gasteiger partial charge in [0.2, 0.25) is 0 Å². The SMILES string of the molecule is CCC(CNC)c1sc(-c2ccc(Br)cc2)nc1C. The number of benzene rings is 1. The third kappa shape index (κ3) is 3.44. The molecule has 19 heavy (non-hydrogen) atoms. The summed E-state index contributed by atoms with van der Waals surface area (Å²) < 4.78 is 1.10. The highest BCUT2D eigenvalue weighted by Gasteiger charge is 2.16. The van der Waals surface area contributed by atoms with Crippen molar-refractivity contribution in [3.63, 3.8) is 0 Å². The molecule has 2 rings (SSSR count). The van der Waals surface area contributed by atoms with E-state index in [1.54, 1.807) is 0 Å². The molecule has 0 spiro atoms. The van der Waals surface area contributed by atoms with Crippen LogP contribution in [0, 0.1) is 6.92 Å². The summed E-state index contributed by atoms with van der Waals surface area (Å²) >= 11 is 5.29. The largest absolute Gasteiger partial charge is 0.319 e. The van der Waals surface area contributed by atoms with Crippen molar-refractivity contribution in [3.05, 3.63) is 39.3 Å². The van der Waals surface area contributed by atoms with Crippen LogP contribution in [0.4, 0.5) is 0 Å². The first-order chi connectivity index (χ1) is 9.15. The highest BCUT2D eigenvalue weighted by atomic mass is 79.9. The molecule has 1 atom stereocenters. The lowest BCUT2D eigenvalue weighted by Gasteiger charge is -2.12. The number of likely N-dealkylation sites (N-methyl/N-ethyl adjacent to an activating group) is 1. The molecule has 4 heteroatoms. The lowest BCUT2D eigenvalue weighted by atomic mass is 10.0. The van der Waals surface area contributed by atoms with Crippen molar-refractivity contribution in [3.8, 4) is 10.6 Å². The van der Waals surface area contributed by atoms with E-state index in [1.807, 2.05) is 18.4 Å². The molecule has 0 amide bonds. The quantitative estimate of drug-likeness (QED) is 0.861. The Kier molecular flexibility index (Phi) is 5.13. The third-order valence-corrected chi connectivity index (χ3v) is 5.14. The molecule has 1 aromatic carbocycles. The molecule has 2 aromatic rings. The lowest BCUT2D eigenvalue weighted by Crippen LogP contribution is -2.16. The highest BCUT2D eigenvalue weighted by Crippen LogP contribution is 2.34. The van der Waals surface area contributed by atoms with E-state index in [0.29, 0.717) is 5.92 Å². The maximum Gasteiger partial charge on any atom is 0.123 e. The van der Waals surface area contributed by atoms with E-state index in [2.05, 4.69) is 59.4 Å². The summed E-state index contributed by atoms with van der Waals surface area (Å²) in [5.74, 6) is 0.562. The van der Waals surface area contributed by atoms with Crippen molar-refractivity contribution in [1.29, 1.82) is 0 Å². The molecule has 0 aliphatic carbocycles. The van der Waals surface area contributed by atoms with E-state index in [-0.39, 0.29) is 0 Å². The monoisotopic (exact) mass is 338 g/mol. The van der Waals surface area contributed by atoms with Gasteiger partial charge in [-0.25, -0.2) is 4.98 Å². The minimum absolute atomic E-state index is 0.562. The number of nitrogens with one attached hydrogen (secondary N) is 1. The van der Waals surface area contributed by atoms with Crippen LogP contribution < -0.4 is 5.32 Å². The number of rotatable bonds is 5. The minimum Gasteiger partial charge on any atom is -0.319 e. The van der Waals surface area contributed by atoms with Gasteiger partial charge in [-0.1, -0.05) is 35.0 Å². The smallest absolute Gasteiger partial charge is 0.123 e. The first kappa shape index (κ1) is 14.7. The van der Waals surface area contributed by atoms with Crippen LogP contribution in [0.1, 0.15) is 29.8 Å². The van der Waals surface area contributed by atoms with Crippen molar-refractivity contribution in [1.82, 2.24) is 10.3 Å². The molecule has 1 heterocycles. The van der Waals surface area contributed by atoms with Gasteiger partial charge >= 0.3 is 0 Å². The Morgan fingerprint density at radius 2 is 2.00 bits per heavy atom. The van der Waals surface area contributed by atoms with Gasteiger partial charge in [0.1, 0.15) is 5.01 Å². The first-order valence-corrected chi connectivity index (χ1v) is 8.14. The zero-order valence-corrected chi connectivity index (χ0v) is 13.9. The molecule has 2 nitrogen and oxygen atoms in total. The Bertz CT molecular complexity index is 534. The predicted molar refractivity (Wildman–Crippen MR) is 86.9 cm³/mol. The van der Waals surface area contributed by atoms with Crippen molar-refractivity contribution >= 4 is 27.3 Å². The maximum atomic E-state index is 4.74. The second kappa shape index (κ2) is 6.64. The van der Waals surface area contributed by atoms with Crippen LogP contribution in [0.3, 0.4) is 0 Å². The summed E-state index contributed by atoms with van der Waals surface area (Å²) in [4.78, 5) is 6.15. The van der Waals surface area contributed by atoms with Crippen LogP contribution in [0.25, 0.3) is 10.6 Å². The van der Waals surface area contributed by atoms with Gasteiger partial charge in [-0.2, -0.15) is 0 Å². The molecule has 0 radical (unpaired) electrons. The van der Waals surface area contributed by atoms with E-state index in [9.17, 15) is 0 Å². The van der Waals surface area contributed by atoms with Gasteiger partial charge in [0.05, 0.1) is 5.69 Å². The first-order valence-electron chi connectivity index (χ1n) is 6.53. The molecule has 0 saturated carbocycles. The lowest BCUT2D eigenvalue weighted by molar-refractivity contribution is 0.616. The summed E-state index contributed by atoms with van der Waals surface area (Å²) in [7, 11) is 2.01. The van der Waals surface area contributed by atoms with Crippen LogP contribution in [0.2, 0.25) is 0 Å². The normalized spacial score (nSPS) is 12.6. The Morgan fingerprint density at radius 1 is 1.32 bits per heavy atom. The molecule has 0 bridgehead atoms. The van der Waals surface area contributed by atoms with Gasteiger partial charge in [-0.05, 0) is 32.5 Å². The van der Waals surface area contributed by atoms with E-state index < -0.39 is 0 Å². The number of nitrogens with zero attached hydrogens (tertiary/aromatic N) is 1. The summed E-state index contributed by atoms with van der Waals surface area (Å²) in [5.41, 5.74) is 2.37. The molecular weight excluding hydrogens is 320 g/mol. The third-order valence-electron chi connectivity index (χ3n) is 3.24. The average Bonchev–Trinajstić information content (AvgIpc) is 2.79. The maximum absolute atomic E-state index is 4.74. The van der Waals surface area contributed by atoms with Crippen LogP contribution in [0.15, 0.2) is 28.7 Å². The molecule has 1 N–H and O–H groups in total. The van der Waals surface area contributed by atoms with Crippen LogP contribution in [0.5, 0.6) is 0 Å². The Balaban J connectivity index is 2.32. The second-order valence-corrected chi connectivity index (χ2v) is 6.58. The molecule has 102 valence electrons. The van der Waals surface area contributed by atoms with E-state index in [4.69, 9.17) is 4.98 Å². The van der Waals surface area contributed by atoms with Crippen LogP contribution in [-0.4, -0.2) is 18.6 Å². The van der Waals surface area contributed by atoms with Gasteiger partial charge in [0.25, 0.3) is 0 Å². The van der Waals surface area contributed by atoms with E-state index in [0.717, 1.165) is 22.4 Å². The fraction of sp³-hybridized carbons (Fsp3) is 0.400. The summed E-state index contributed by atoms with van der Waals surface area (Å²) in [6, 6.07) is 8.36. The Hall–Kier alpha value is -0.710. The van der Waals surface area contributed by atoms with Crippen molar-refractivity contribution < 1.29 is 0 Å². The van der Waals surface area contributed by atoms with Gasteiger partial charge in [-0.3, -0.25) is 0 Å². The average molecular weight is 339 g/mol. The summed E-state index contributed by atoms with van der Waals surface area (Å²) in [5, 5.41) is 4.39. The molecule has 0 saturated heterocycles. The van der Waals surface area contributed by atoms with Crippen molar-refractivity contribution in [2.45, 2.75) is 26.2 Å². The zero-order valence-electron chi connectivity index (χ0n) is 11.5. The van der Waals surface area contributed by atoms with Crippen molar-refractivity contribution in [2.75, 3.05) is 13.6 Å². The van der Waals surface area contributed by atoms with E-state index >= 15 is 0 Å². The molecule has 0 aliphatic rings. The fourth-order valence-electron chi connectivity index (χ4n) is 2.17. The zero-order chi connectivity index (χ0) is 13.8. The fourth-order valence-corrected chi connectivity index (χ4v) is 3.69. The standard InChI is InChI=1S/C15H19BrN2S/c1-4-11(9-17-3)14-10(2)18-15(19-14)12-5-7-13(16)8-6-12/h5-8,11,17H,4,9H2,1-3H3. The highest BCUT2D eigenvalue weighted by molar-refractivity contribution is 9.10. The number of aromatic nitrogens is 1. The molecule has 0 aliphatic heterocycles. The number of halogens is 1. The van der Waals surface area contributed by atoms with Gasteiger partial charge in [0, 0.05) is 27.4 Å². The summed E-state index contributed by atoms with van der Waals surface area (Å²) in [6.07, 6.45) is 1.14. The molecular formula is C15H19BrN2S. The van der Waals surface area contributed by atoms with Gasteiger partial charge < -0.3 is 5.32 Å².